The smallest absolute Gasteiger partial charge is 0.240 e. The molecule has 0 aliphatic heterocycles. The van der Waals surface area contributed by atoms with E-state index in [0.717, 1.165) is 25.9 Å². The number of pyridine rings is 1. The first-order chi connectivity index (χ1) is 11.1. The molecule has 23 heavy (non-hydrogen) atoms. The van der Waals surface area contributed by atoms with Crippen molar-refractivity contribution < 1.29 is 8.42 Å². The summed E-state index contributed by atoms with van der Waals surface area (Å²) < 4.78 is 29.3. The van der Waals surface area contributed by atoms with Crippen LogP contribution < -0.4 is 4.72 Å². The van der Waals surface area contributed by atoms with Gasteiger partial charge in [-0.25, -0.2) is 18.1 Å². The summed E-state index contributed by atoms with van der Waals surface area (Å²) in [4.78, 5) is 8.65. The highest BCUT2D eigenvalue weighted by molar-refractivity contribution is 8.01. The van der Waals surface area contributed by atoms with E-state index < -0.39 is 10.0 Å². The molecule has 0 amide bonds. The fourth-order valence-electron chi connectivity index (χ4n) is 2.00. The number of thiazole rings is 1. The van der Waals surface area contributed by atoms with Crippen molar-refractivity contribution in [2.75, 3.05) is 5.75 Å². The highest BCUT2D eigenvalue weighted by Crippen LogP contribution is 2.30. The summed E-state index contributed by atoms with van der Waals surface area (Å²) in [5.41, 5.74) is 1.70. The lowest BCUT2D eigenvalue weighted by molar-refractivity contribution is 0.581. The lowest BCUT2D eigenvalue weighted by atomic mass is 10.3. The van der Waals surface area contributed by atoms with Crippen LogP contribution in [0.25, 0.3) is 10.2 Å². The number of nitrogens with zero attached hydrogens (tertiary/aromatic N) is 2. The molecule has 0 saturated carbocycles. The maximum atomic E-state index is 12.4. The van der Waals surface area contributed by atoms with Gasteiger partial charge in [-0.3, -0.25) is 4.98 Å². The van der Waals surface area contributed by atoms with E-state index >= 15 is 0 Å². The van der Waals surface area contributed by atoms with Crippen molar-refractivity contribution in [2.24, 2.45) is 0 Å². The van der Waals surface area contributed by atoms with Gasteiger partial charge in [-0.15, -0.1) is 11.3 Å². The minimum Gasteiger partial charge on any atom is -0.265 e. The van der Waals surface area contributed by atoms with Gasteiger partial charge in [-0.2, -0.15) is 0 Å². The molecular weight excluding hydrogens is 350 g/mol. The first-order valence-corrected chi connectivity index (χ1v) is 10.3. The van der Waals surface area contributed by atoms with Crippen LogP contribution in [-0.2, 0) is 16.6 Å². The highest BCUT2D eigenvalue weighted by Gasteiger charge is 2.15. The molecule has 0 spiro atoms. The Labute approximate surface area is 143 Å². The summed E-state index contributed by atoms with van der Waals surface area (Å²) >= 11 is 3.18. The fourth-order valence-corrected chi connectivity index (χ4v) is 5.12. The van der Waals surface area contributed by atoms with Gasteiger partial charge in [0.2, 0.25) is 10.0 Å². The molecule has 0 radical (unpaired) electrons. The van der Waals surface area contributed by atoms with Crippen LogP contribution >= 0.6 is 23.1 Å². The number of fused-ring (bicyclic) bond motifs is 1. The number of aromatic nitrogens is 2. The van der Waals surface area contributed by atoms with Gasteiger partial charge < -0.3 is 0 Å². The number of nitrogens with one attached hydrogen (secondary N) is 1. The summed E-state index contributed by atoms with van der Waals surface area (Å²) in [6, 6.07) is 8.60. The highest BCUT2D eigenvalue weighted by atomic mass is 32.2. The minimum atomic E-state index is -3.55. The maximum Gasteiger partial charge on any atom is 0.240 e. The third-order valence-corrected chi connectivity index (χ3v) is 6.58. The molecule has 2 aromatic heterocycles. The van der Waals surface area contributed by atoms with Crippen molar-refractivity contribution in [3.63, 3.8) is 0 Å². The Morgan fingerprint density at radius 1 is 1.22 bits per heavy atom. The number of thioether (sulfide) groups is 1. The molecule has 1 aromatic carbocycles. The van der Waals surface area contributed by atoms with E-state index in [-0.39, 0.29) is 11.4 Å². The molecule has 2 heterocycles. The Bertz CT molecular complexity index is 908. The molecule has 0 unspecified atom stereocenters. The standard InChI is InChI=1S/C15H15N3O2S3/c1-2-21-15-18-13-4-3-12(9-14(13)22-15)23(19,20)17-10-11-5-7-16-8-6-11/h3-9,17H,2,10H2,1H3. The summed E-state index contributed by atoms with van der Waals surface area (Å²) in [5, 5.41) is 0. The van der Waals surface area contributed by atoms with Crippen molar-refractivity contribution in [3.8, 4) is 0 Å². The first-order valence-electron chi connectivity index (χ1n) is 7.00. The van der Waals surface area contributed by atoms with E-state index in [4.69, 9.17) is 0 Å². The predicted octanol–water partition coefficient (Wildman–Crippen LogP) is 3.28. The normalized spacial score (nSPS) is 11.9. The van der Waals surface area contributed by atoms with Crippen molar-refractivity contribution in [1.82, 2.24) is 14.7 Å². The SMILES string of the molecule is CCSc1nc2ccc(S(=O)(=O)NCc3ccncc3)cc2s1. The van der Waals surface area contributed by atoms with Gasteiger partial charge in [0.1, 0.15) is 0 Å². The fraction of sp³-hybridized carbons (Fsp3) is 0.200. The van der Waals surface area contributed by atoms with Gasteiger partial charge in [0, 0.05) is 18.9 Å². The first kappa shape index (κ1) is 16.4. The van der Waals surface area contributed by atoms with E-state index in [1.165, 1.54) is 11.3 Å². The van der Waals surface area contributed by atoms with E-state index in [1.54, 1.807) is 54.5 Å². The van der Waals surface area contributed by atoms with Gasteiger partial charge in [-0.1, -0.05) is 18.7 Å². The summed E-state index contributed by atoms with van der Waals surface area (Å²) in [7, 11) is -3.55. The molecule has 8 heteroatoms. The number of sulfonamides is 1. The zero-order chi connectivity index (χ0) is 16.3. The molecule has 120 valence electrons. The Balaban J connectivity index is 1.82. The van der Waals surface area contributed by atoms with E-state index in [1.807, 2.05) is 0 Å². The summed E-state index contributed by atoms with van der Waals surface area (Å²) in [5.74, 6) is 0.943. The zero-order valence-corrected chi connectivity index (χ0v) is 14.8. The average molecular weight is 366 g/mol. The second kappa shape index (κ2) is 6.96. The Morgan fingerprint density at radius 3 is 2.74 bits per heavy atom. The van der Waals surface area contributed by atoms with Crippen LogP contribution in [0.5, 0.6) is 0 Å². The molecule has 0 aliphatic carbocycles. The van der Waals surface area contributed by atoms with E-state index in [9.17, 15) is 8.42 Å². The topological polar surface area (TPSA) is 72.0 Å². The zero-order valence-electron chi connectivity index (χ0n) is 12.4. The second-order valence-electron chi connectivity index (χ2n) is 4.72. The molecule has 5 nitrogen and oxygen atoms in total. The molecule has 1 N–H and O–H groups in total. The third kappa shape index (κ3) is 3.89. The minimum absolute atomic E-state index is 0.239. The van der Waals surface area contributed by atoms with Gasteiger partial charge in [0.25, 0.3) is 0 Å². The number of benzene rings is 1. The molecule has 0 saturated heterocycles. The quantitative estimate of drug-likeness (QED) is 0.679. The van der Waals surface area contributed by atoms with Crippen LogP contribution in [0.4, 0.5) is 0 Å². The van der Waals surface area contributed by atoms with Crippen LogP contribution in [0.1, 0.15) is 12.5 Å². The van der Waals surface area contributed by atoms with Crippen LogP contribution in [0.3, 0.4) is 0 Å². The molecule has 0 bridgehead atoms. The van der Waals surface area contributed by atoms with Crippen LogP contribution in [0.15, 0.2) is 52.0 Å². The van der Waals surface area contributed by atoms with Crippen molar-refractivity contribution in [2.45, 2.75) is 22.7 Å². The Morgan fingerprint density at radius 2 is 2.00 bits per heavy atom. The maximum absolute atomic E-state index is 12.4. The number of hydrogen-bond acceptors (Lipinski definition) is 6. The molecular formula is C15H15N3O2S3. The van der Waals surface area contributed by atoms with Gasteiger partial charge in [-0.05, 0) is 41.6 Å². The van der Waals surface area contributed by atoms with Gasteiger partial charge in [0.15, 0.2) is 4.34 Å². The van der Waals surface area contributed by atoms with Gasteiger partial charge in [0.05, 0.1) is 15.1 Å². The van der Waals surface area contributed by atoms with E-state index in [0.29, 0.717) is 0 Å². The molecule has 0 fully saturated rings. The molecule has 0 aliphatic rings. The predicted molar refractivity (Wildman–Crippen MR) is 94.3 cm³/mol. The van der Waals surface area contributed by atoms with Crippen molar-refractivity contribution in [1.29, 1.82) is 0 Å². The van der Waals surface area contributed by atoms with Gasteiger partial charge >= 0.3 is 0 Å². The molecule has 0 atom stereocenters. The summed E-state index contributed by atoms with van der Waals surface area (Å²) in [6.07, 6.45) is 3.28. The lowest BCUT2D eigenvalue weighted by Gasteiger charge is -2.06. The van der Waals surface area contributed by atoms with Crippen LogP contribution in [-0.4, -0.2) is 24.1 Å². The largest absolute Gasteiger partial charge is 0.265 e. The molecule has 3 aromatic rings. The van der Waals surface area contributed by atoms with Crippen molar-refractivity contribution >= 4 is 43.3 Å². The Hall–Kier alpha value is -1.48. The third-order valence-electron chi connectivity index (χ3n) is 3.13. The number of hydrogen-bond donors (Lipinski definition) is 1. The second-order valence-corrected chi connectivity index (χ2v) is 9.03. The van der Waals surface area contributed by atoms with E-state index in [2.05, 4.69) is 21.6 Å². The Kier molecular flexibility index (Phi) is 4.96. The average Bonchev–Trinajstić information content (AvgIpc) is 2.96. The lowest BCUT2D eigenvalue weighted by Crippen LogP contribution is -2.23. The summed E-state index contributed by atoms with van der Waals surface area (Å²) in [6.45, 7) is 2.30. The van der Waals surface area contributed by atoms with Crippen LogP contribution in [0.2, 0.25) is 0 Å². The van der Waals surface area contributed by atoms with Crippen LogP contribution in [0, 0.1) is 0 Å². The monoisotopic (exact) mass is 365 g/mol. The number of rotatable bonds is 6. The molecule has 3 rings (SSSR count). The van der Waals surface area contributed by atoms with Crippen molar-refractivity contribution in [3.05, 3.63) is 48.3 Å².